The van der Waals surface area contributed by atoms with Gasteiger partial charge in [0.15, 0.2) is 0 Å². The van der Waals surface area contributed by atoms with Crippen molar-refractivity contribution in [3.05, 3.63) is 43.7 Å². The maximum absolute atomic E-state index is 13.1. The number of ether oxygens (including phenoxy) is 2. The van der Waals surface area contributed by atoms with Crippen molar-refractivity contribution in [1.82, 2.24) is 25.6 Å². The number of hydrogen-bond acceptors (Lipinski definition) is 16. The maximum atomic E-state index is 13.1. The first-order valence-electron chi connectivity index (χ1n) is 14.7. The minimum atomic E-state index is -1.34. The summed E-state index contributed by atoms with van der Waals surface area (Å²) in [5.74, 6) is -3.59. The van der Waals surface area contributed by atoms with Gasteiger partial charge in [0.2, 0.25) is 29.0 Å². The molecule has 2 atom stereocenters. The summed E-state index contributed by atoms with van der Waals surface area (Å²) >= 11 is 6.61. The molecule has 0 spiro atoms. The lowest BCUT2D eigenvalue weighted by Crippen LogP contribution is -2.49. The van der Waals surface area contributed by atoms with Crippen LogP contribution in [0.1, 0.15) is 52.4 Å². The third-order valence-electron chi connectivity index (χ3n) is 6.19. The number of nitro groups is 2. The highest BCUT2D eigenvalue weighted by Crippen LogP contribution is 2.33. The molecule has 1 aromatic carbocycles. The number of nitrogens with zero attached hydrogens (tertiary/aromatic N) is 5. The Kier molecular flexibility index (Phi) is 16.7. The zero-order chi connectivity index (χ0) is 35.6. The van der Waals surface area contributed by atoms with E-state index >= 15 is 0 Å². The van der Waals surface area contributed by atoms with Crippen LogP contribution in [0.4, 0.5) is 23.3 Å². The molecule has 19 nitrogen and oxygen atoms in total. The molecule has 0 saturated carbocycles. The summed E-state index contributed by atoms with van der Waals surface area (Å²) in [5, 5.41) is 30.1. The normalized spacial score (nSPS) is 11.9. The molecule has 0 aliphatic rings. The summed E-state index contributed by atoms with van der Waals surface area (Å²) in [4.78, 5) is 83.5. The second kappa shape index (κ2) is 20.4. The number of unbranched alkanes of at least 4 members (excludes halogenated alkanes) is 2. The number of rotatable bonds is 21. The van der Waals surface area contributed by atoms with Gasteiger partial charge in [-0.25, -0.2) is 4.79 Å². The van der Waals surface area contributed by atoms with Crippen LogP contribution in [0.15, 0.2) is 23.1 Å². The molecule has 0 unspecified atom stereocenters. The second-order valence-corrected chi connectivity index (χ2v) is 11.3. The Balaban J connectivity index is 2.20. The molecule has 0 aliphatic heterocycles. The fraction of sp³-hybridized carbons (Fsp3) is 0.519. The first kappa shape index (κ1) is 39.3. The quantitative estimate of drug-likeness (QED) is 0.0475. The van der Waals surface area contributed by atoms with Crippen molar-refractivity contribution in [1.29, 1.82) is 0 Å². The number of carbonyl (C=O) groups is 4. The van der Waals surface area contributed by atoms with E-state index in [1.54, 1.807) is 0 Å². The summed E-state index contributed by atoms with van der Waals surface area (Å²) in [6.07, 6.45) is 2.26. The molecule has 2 amide bonds. The Morgan fingerprint density at radius 2 is 1.69 bits per heavy atom. The van der Waals surface area contributed by atoms with Crippen molar-refractivity contribution in [2.45, 2.75) is 69.4 Å². The van der Waals surface area contributed by atoms with E-state index in [0.717, 1.165) is 42.8 Å². The Morgan fingerprint density at radius 3 is 2.31 bits per heavy atom. The zero-order valence-corrected chi connectivity index (χ0v) is 27.7. The lowest BCUT2D eigenvalue weighted by molar-refractivity contribution is -0.396. The average molecular weight is 714 g/mol. The van der Waals surface area contributed by atoms with E-state index in [0.29, 0.717) is 12.8 Å². The van der Waals surface area contributed by atoms with E-state index in [1.807, 2.05) is 13.8 Å². The van der Waals surface area contributed by atoms with Crippen LogP contribution >= 0.6 is 23.4 Å². The molecule has 0 aliphatic carbocycles. The zero-order valence-electron chi connectivity index (χ0n) is 26.1. The maximum Gasteiger partial charge on any atom is 0.328 e. The molecule has 1 heterocycles. The number of aromatic nitrogens is 3. The van der Waals surface area contributed by atoms with Crippen molar-refractivity contribution in [2.75, 3.05) is 36.6 Å². The number of non-ortho nitro benzene ring substituents is 1. The molecule has 48 heavy (non-hydrogen) atoms. The number of halogens is 1. The number of nitrogens with two attached hydrogens (primary N) is 1. The third-order valence-corrected chi connectivity index (χ3v) is 7.52. The van der Waals surface area contributed by atoms with Gasteiger partial charge in [0, 0.05) is 18.2 Å². The van der Waals surface area contributed by atoms with E-state index < -0.39 is 63.6 Å². The van der Waals surface area contributed by atoms with Crippen molar-refractivity contribution in [3.8, 4) is 0 Å². The van der Waals surface area contributed by atoms with Crippen LogP contribution in [0.25, 0.3) is 0 Å². The fourth-order valence-corrected chi connectivity index (χ4v) is 4.89. The Hall–Kier alpha value is -4.85. The van der Waals surface area contributed by atoms with Crippen molar-refractivity contribution >= 4 is 70.4 Å². The number of nitro benzene ring substituents is 2. The smallest absolute Gasteiger partial charge is 0.328 e. The molecule has 0 fully saturated rings. The third kappa shape index (κ3) is 13.9. The summed E-state index contributed by atoms with van der Waals surface area (Å²) < 4.78 is 10.3. The lowest BCUT2D eigenvalue weighted by atomic mass is 10.1. The Bertz CT molecular complexity index is 1450. The Labute approximate surface area is 283 Å². The fourth-order valence-electron chi connectivity index (χ4n) is 3.70. The number of anilines is 2. The molecule has 5 N–H and O–H groups in total. The number of amides is 2. The topological polar surface area (TPSA) is 274 Å². The van der Waals surface area contributed by atoms with Crippen molar-refractivity contribution in [2.24, 2.45) is 0 Å². The van der Waals surface area contributed by atoms with E-state index in [-0.39, 0.29) is 53.9 Å². The highest BCUT2D eigenvalue weighted by molar-refractivity contribution is 7.99. The van der Waals surface area contributed by atoms with Gasteiger partial charge in [-0.2, -0.15) is 15.0 Å². The van der Waals surface area contributed by atoms with Crippen LogP contribution in [0, 0.1) is 20.2 Å². The summed E-state index contributed by atoms with van der Waals surface area (Å²) in [5.41, 5.74) is 4.52. The molecule has 262 valence electrons. The van der Waals surface area contributed by atoms with Gasteiger partial charge in [-0.1, -0.05) is 26.7 Å². The van der Waals surface area contributed by atoms with Crippen LogP contribution in [-0.2, 0) is 28.7 Å². The first-order chi connectivity index (χ1) is 22.8. The summed E-state index contributed by atoms with van der Waals surface area (Å²) in [6, 6.07) is 0.514. The van der Waals surface area contributed by atoms with Gasteiger partial charge in [0.1, 0.15) is 18.6 Å². The number of esters is 2. The van der Waals surface area contributed by atoms with Gasteiger partial charge in [0.05, 0.1) is 34.0 Å². The van der Waals surface area contributed by atoms with Crippen LogP contribution in [-0.4, -0.2) is 86.1 Å². The molecule has 1 aromatic heterocycles. The number of nitrogen functional groups attached to an aromatic ring is 1. The minimum absolute atomic E-state index is 0.00834. The number of hydrogen-bond donors (Lipinski definition) is 4. The monoisotopic (exact) mass is 713 g/mol. The van der Waals surface area contributed by atoms with Gasteiger partial charge in [0.25, 0.3) is 11.4 Å². The average Bonchev–Trinajstić information content (AvgIpc) is 3.03. The Morgan fingerprint density at radius 1 is 1.00 bits per heavy atom. The molecule has 0 bridgehead atoms. The van der Waals surface area contributed by atoms with E-state index in [1.165, 1.54) is 0 Å². The lowest BCUT2D eigenvalue weighted by Gasteiger charge is -2.20. The minimum Gasteiger partial charge on any atom is -0.464 e. The number of thioether (sulfide) groups is 1. The van der Waals surface area contributed by atoms with Crippen molar-refractivity contribution in [3.63, 3.8) is 0 Å². The number of benzene rings is 1. The predicted octanol–water partition coefficient (Wildman–Crippen LogP) is 2.56. The van der Waals surface area contributed by atoms with Crippen molar-refractivity contribution < 1.29 is 38.5 Å². The molecule has 0 saturated heterocycles. The molecule has 2 rings (SSSR count). The molecule has 21 heteroatoms. The summed E-state index contributed by atoms with van der Waals surface area (Å²) in [6.45, 7) is 3.58. The van der Waals surface area contributed by atoms with Crippen LogP contribution in [0.2, 0.25) is 5.28 Å². The van der Waals surface area contributed by atoms with Gasteiger partial charge in [-0.05, 0) is 36.9 Å². The molecule has 0 radical (unpaired) electrons. The largest absolute Gasteiger partial charge is 0.464 e. The van der Waals surface area contributed by atoms with Crippen LogP contribution in [0.3, 0.4) is 0 Å². The van der Waals surface area contributed by atoms with Gasteiger partial charge in [-0.15, -0.1) is 11.8 Å². The molecular formula is C27H36ClN9O10S. The highest BCUT2D eigenvalue weighted by Gasteiger charge is 2.27. The number of nitrogens with one attached hydrogen (secondary N) is 3. The van der Waals surface area contributed by atoms with E-state index in [2.05, 4.69) is 30.9 Å². The molecule has 2 aromatic rings. The van der Waals surface area contributed by atoms with Crippen LogP contribution in [0.5, 0.6) is 0 Å². The SMILES string of the molecule is CCCCOC(=O)CNC(=O)[C@H](CSc1ccc([N+](=O)[O-])cc1[N+](=O)[O-])NC(=O)CC[C@H](Nc1nc(N)nc(Cl)n1)C(=O)OCCCC. The van der Waals surface area contributed by atoms with E-state index in [4.69, 9.17) is 26.8 Å². The van der Waals surface area contributed by atoms with Gasteiger partial charge in [-0.3, -0.25) is 34.6 Å². The second-order valence-electron chi connectivity index (χ2n) is 9.93. The van der Waals surface area contributed by atoms with Gasteiger partial charge < -0.3 is 31.2 Å². The molecular weight excluding hydrogens is 678 g/mol. The standard InChI is InChI=1S/C27H36ClN9O10S/c1-3-5-11-46-22(39)14-30-23(40)18(15-48-20-9-7-16(36(42)43)13-19(20)37(44)45)31-21(38)10-8-17(24(41)47-12-6-4-2)32-27-34-25(28)33-26(29)35-27/h7,9,13,17-18H,3-6,8,10-12,14-15H2,1-2H3,(H,30,40)(H,31,38)(H3,29,32,33,34,35)/t17-,18-/m0/s1. The summed E-state index contributed by atoms with van der Waals surface area (Å²) in [7, 11) is 0. The predicted molar refractivity (Wildman–Crippen MR) is 173 cm³/mol. The van der Waals surface area contributed by atoms with E-state index in [9.17, 15) is 39.4 Å². The number of carbonyl (C=O) groups excluding carboxylic acids is 4. The first-order valence-corrected chi connectivity index (χ1v) is 16.1. The highest BCUT2D eigenvalue weighted by atomic mass is 35.5. The van der Waals surface area contributed by atoms with Crippen LogP contribution < -0.4 is 21.7 Å². The van der Waals surface area contributed by atoms with Gasteiger partial charge >= 0.3 is 11.9 Å².